The number of hydrogen-bond donors (Lipinski definition) is 0. The Hall–Kier alpha value is -2.60. The van der Waals surface area contributed by atoms with E-state index in [9.17, 15) is 0 Å². The number of hydrogen-bond acceptors (Lipinski definition) is 5. The first-order valence-electron chi connectivity index (χ1n) is 10.2. The van der Waals surface area contributed by atoms with E-state index in [1.807, 2.05) is 42.5 Å². The monoisotopic (exact) mass is 403 g/mol. The zero-order chi connectivity index (χ0) is 20.0. The highest BCUT2D eigenvalue weighted by Gasteiger charge is 2.46. The summed E-state index contributed by atoms with van der Waals surface area (Å²) in [5.74, 6) is 1.11. The van der Waals surface area contributed by atoms with Crippen molar-refractivity contribution in [2.75, 3.05) is 5.75 Å². The van der Waals surface area contributed by atoms with Gasteiger partial charge in [-0.2, -0.15) is 0 Å². The SMILES string of the molecule is CC[C@@H]1CSC2=N[C@@H](c3ccccn3)[C@H](c3cc(C)n(-c4cccnc4)c3C)N21. The Kier molecular flexibility index (Phi) is 4.66. The summed E-state index contributed by atoms with van der Waals surface area (Å²) in [5.41, 5.74) is 5.95. The molecule has 0 amide bonds. The Morgan fingerprint density at radius 1 is 1.14 bits per heavy atom. The average molecular weight is 404 g/mol. The van der Waals surface area contributed by atoms with Crippen LogP contribution in [0.4, 0.5) is 0 Å². The zero-order valence-corrected chi connectivity index (χ0v) is 17.8. The molecule has 148 valence electrons. The highest BCUT2D eigenvalue weighted by atomic mass is 32.2. The van der Waals surface area contributed by atoms with E-state index in [1.54, 1.807) is 0 Å². The highest BCUT2D eigenvalue weighted by molar-refractivity contribution is 8.14. The zero-order valence-electron chi connectivity index (χ0n) is 17.0. The topological polar surface area (TPSA) is 46.3 Å². The molecule has 0 aromatic carbocycles. The summed E-state index contributed by atoms with van der Waals surface area (Å²) < 4.78 is 2.31. The van der Waals surface area contributed by atoms with Gasteiger partial charge in [0.05, 0.1) is 23.6 Å². The van der Waals surface area contributed by atoms with Crippen molar-refractivity contribution in [2.24, 2.45) is 4.99 Å². The largest absolute Gasteiger partial charge is 0.338 e. The number of amidine groups is 1. The number of nitrogens with zero attached hydrogens (tertiary/aromatic N) is 5. The van der Waals surface area contributed by atoms with Gasteiger partial charge in [-0.15, -0.1) is 0 Å². The van der Waals surface area contributed by atoms with Crippen LogP contribution in [0.2, 0.25) is 0 Å². The maximum absolute atomic E-state index is 5.15. The van der Waals surface area contributed by atoms with Crippen LogP contribution in [0, 0.1) is 13.8 Å². The molecule has 29 heavy (non-hydrogen) atoms. The molecular formula is C23H25N5S. The quantitative estimate of drug-likeness (QED) is 0.624. The number of aromatic nitrogens is 3. The lowest BCUT2D eigenvalue weighted by Gasteiger charge is -2.32. The molecule has 0 radical (unpaired) electrons. The first-order valence-corrected chi connectivity index (χ1v) is 11.2. The maximum atomic E-state index is 5.15. The van der Waals surface area contributed by atoms with Crippen molar-refractivity contribution in [3.05, 3.63) is 77.6 Å². The van der Waals surface area contributed by atoms with Gasteiger partial charge in [0.25, 0.3) is 0 Å². The average Bonchev–Trinajstić information content (AvgIpc) is 3.40. The Bertz CT molecular complexity index is 1040. The first kappa shape index (κ1) is 18.4. The van der Waals surface area contributed by atoms with Gasteiger partial charge in [-0.25, -0.2) is 0 Å². The van der Waals surface area contributed by atoms with Gasteiger partial charge in [-0.3, -0.25) is 15.0 Å². The van der Waals surface area contributed by atoms with Gasteiger partial charge in [0.15, 0.2) is 5.17 Å². The molecule has 3 aromatic rings. The number of pyridine rings is 2. The number of thioether (sulfide) groups is 1. The van der Waals surface area contributed by atoms with Crippen LogP contribution >= 0.6 is 11.8 Å². The third kappa shape index (κ3) is 2.97. The second-order valence-corrected chi connectivity index (χ2v) is 8.70. The number of aryl methyl sites for hydroxylation is 1. The summed E-state index contributed by atoms with van der Waals surface area (Å²) in [5, 5.41) is 1.17. The summed E-state index contributed by atoms with van der Waals surface area (Å²) in [7, 11) is 0. The number of rotatable bonds is 4. The van der Waals surface area contributed by atoms with Gasteiger partial charge in [0, 0.05) is 35.6 Å². The fourth-order valence-electron chi connectivity index (χ4n) is 4.66. The van der Waals surface area contributed by atoms with E-state index < -0.39 is 0 Å². The first-order chi connectivity index (χ1) is 14.2. The summed E-state index contributed by atoms with van der Waals surface area (Å²) >= 11 is 1.89. The number of fused-ring (bicyclic) bond motifs is 1. The van der Waals surface area contributed by atoms with E-state index in [1.165, 1.54) is 22.1 Å². The second kappa shape index (κ2) is 7.34. The molecule has 0 aliphatic carbocycles. The van der Waals surface area contributed by atoms with Crippen LogP contribution in [-0.4, -0.2) is 36.4 Å². The fourth-order valence-corrected chi connectivity index (χ4v) is 5.99. The minimum absolute atomic E-state index is 0.0240. The van der Waals surface area contributed by atoms with Gasteiger partial charge in [-0.05, 0) is 56.2 Å². The Labute approximate surface area is 175 Å². The van der Waals surface area contributed by atoms with E-state index in [0.717, 1.165) is 23.6 Å². The lowest BCUT2D eigenvalue weighted by atomic mass is 9.95. The molecule has 2 aliphatic heterocycles. The second-order valence-electron chi connectivity index (χ2n) is 7.71. The standard InChI is InChI=1S/C23H25N5S/c1-4-17-14-29-23-26-21(20-9-5-6-11-25-20)22(28(17)23)19-12-15(2)27(16(19)3)18-8-7-10-24-13-18/h5-13,17,21-22H,4,14H2,1-3H3/t17-,21+,22+/m1/s1. The highest BCUT2D eigenvalue weighted by Crippen LogP contribution is 2.49. The van der Waals surface area contributed by atoms with Crippen LogP contribution in [0.3, 0.4) is 0 Å². The molecule has 3 atom stereocenters. The molecule has 5 heterocycles. The molecule has 0 bridgehead atoms. The van der Waals surface area contributed by atoms with E-state index in [-0.39, 0.29) is 12.1 Å². The number of aliphatic imine (C=N–C) groups is 1. The van der Waals surface area contributed by atoms with Crippen LogP contribution in [0.1, 0.15) is 48.1 Å². The van der Waals surface area contributed by atoms with E-state index in [2.05, 4.69) is 64.5 Å². The Morgan fingerprint density at radius 2 is 2.03 bits per heavy atom. The van der Waals surface area contributed by atoms with Gasteiger partial charge < -0.3 is 9.47 Å². The summed E-state index contributed by atoms with van der Waals surface area (Å²) in [6, 6.07) is 13.3. The molecule has 1 fully saturated rings. The van der Waals surface area contributed by atoms with E-state index in [4.69, 9.17) is 4.99 Å². The molecule has 0 saturated carbocycles. The summed E-state index contributed by atoms with van der Waals surface area (Å²) in [6.07, 6.45) is 6.75. The normalized spacial score (nSPS) is 23.3. The molecule has 0 spiro atoms. The van der Waals surface area contributed by atoms with Crippen molar-refractivity contribution in [3.63, 3.8) is 0 Å². The van der Waals surface area contributed by atoms with Gasteiger partial charge in [0.2, 0.25) is 0 Å². The summed E-state index contributed by atoms with van der Waals surface area (Å²) in [6.45, 7) is 6.66. The molecule has 2 aliphatic rings. The Morgan fingerprint density at radius 3 is 2.76 bits per heavy atom. The van der Waals surface area contributed by atoms with Crippen molar-refractivity contribution in [1.29, 1.82) is 0 Å². The molecule has 5 rings (SSSR count). The fraction of sp³-hybridized carbons (Fsp3) is 0.348. The van der Waals surface area contributed by atoms with Crippen molar-refractivity contribution in [2.45, 2.75) is 45.3 Å². The van der Waals surface area contributed by atoms with Gasteiger partial charge in [0.1, 0.15) is 6.04 Å². The minimum atomic E-state index is 0.0240. The van der Waals surface area contributed by atoms with Crippen LogP contribution < -0.4 is 0 Å². The lowest BCUT2D eigenvalue weighted by molar-refractivity contribution is 0.254. The van der Waals surface area contributed by atoms with Gasteiger partial charge >= 0.3 is 0 Å². The predicted molar refractivity (Wildman–Crippen MR) is 119 cm³/mol. The van der Waals surface area contributed by atoms with Crippen molar-refractivity contribution in [3.8, 4) is 5.69 Å². The van der Waals surface area contributed by atoms with Crippen molar-refractivity contribution < 1.29 is 0 Å². The molecule has 0 unspecified atom stereocenters. The van der Waals surface area contributed by atoms with E-state index >= 15 is 0 Å². The molecule has 6 heteroatoms. The van der Waals surface area contributed by atoms with Crippen molar-refractivity contribution in [1.82, 2.24) is 19.4 Å². The third-order valence-electron chi connectivity index (χ3n) is 6.02. The van der Waals surface area contributed by atoms with Crippen LogP contribution in [0.5, 0.6) is 0 Å². The summed E-state index contributed by atoms with van der Waals surface area (Å²) in [4.78, 5) is 16.7. The van der Waals surface area contributed by atoms with Crippen LogP contribution in [0.25, 0.3) is 5.69 Å². The molecule has 1 saturated heterocycles. The molecule has 0 N–H and O–H groups in total. The van der Waals surface area contributed by atoms with Crippen molar-refractivity contribution >= 4 is 16.9 Å². The van der Waals surface area contributed by atoms with E-state index in [0.29, 0.717) is 6.04 Å². The predicted octanol–water partition coefficient (Wildman–Crippen LogP) is 4.86. The molecule has 5 nitrogen and oxygen atoms in total. The van der Waals surface area contributed by atoms with Gasteiger partial charge in [-0.1, -0.05) is 24.8 Å². The molecular weight excluding hydrogens is 378 g/mol. The van der Waals surface area contributed by atoms with Crippen LogP contribution in [0.15, 0.2) is 60.0 Å². The van der Waals surface area contributed by atoms with Crippen LogP contribution in [-0.2, 0) is 0 Å². The Balaban J connectivity index is 1.64. The minimum Gasteiger partial charge on any atom is -0.338 e. The third-order valence-corrected chi connectivity index (χ3v) is 7.15. The molecule has 3 aromatic heterocycles. The lowest BCUT2D eigenvalue weighted by Crippen LogP contribution is -2.35. The maximum Gasteiger partial charge on any atom is 0.160 e. The smallest absolute Gasteiger partial charge is 0.160 e.